The molecule has 1 aliphatic heterocycles. The molecule has 7 nitrogen and oxygen atoms in total. The molecule has 1 saturated heterocycles. The van der Waals surface area contributed by atoms with Crippen LogP contribution in [0.15, 0.2) is 42.5 Å². The van der Waals surface area contributed by atoms with Crippen LogP contribution >= 0.6 is 0 Å². The highest BCUT2D eigenvalue weighted by Crippen LogP contribution is 2.35. The third-order valence-corrected chi connectivity index (χ3v) is 5.60. The summed E-state index contributed by atoms with van der Waals surface area (Å²) in [6.07, 6.45) is 0. The SMILES string of the molecule is CN1CCN(c2nc(-c3ccc(F)cc3F)c3c(N)n(-c4ccc(F)cc4)nc3n2)CC1. The van der Waals surface area contributed by atoms with Crippen LogP contribution in [0.3, 0.4) is 0 Å². The van der Waals surface area contributed by atoms with Gasteiger partial charge in [-0.3, -0.25) is 0 Å². The first-order valence-corrected chi connectivity index (χ1v) is 10.1. The van der Waals surface area contributed by atoms with Crippen molar-refractivity contribution in [2.75, 3.05) is 43.9 Å². The van der Waals surface area contributed by atoms with Crippen molar-refractivity contribution in [3.8, 4) is 16.9 Å². The van der Waals surface area contributed by atoms with E-state index in [9.17, 15) is 13.2 Å². The minimum Gasteiger partial charge on any atom is -0.383 e. The minimum absolute atomic E-state index is 0.0968. The molecule has 5 rings (SSSR count). The summed E-state index contributed by atoms with van der Waals surface area (Å²) in [6, 6.07) is 8.96. The van der Waals surface area contributed by atoms with Crippen molar-refractivity contribution in [1.82, 2.24) is 24.6 Å². The Morgan fingerprint density at radius 3 is 2.25 bits per heavy atom. The number of nitrogens with two attached hydrogens (primary N) is 1. The van der Waals surface area contributed by atoms with E-state index >= 15 is 0 Å². The molecule has 0 atom stereocenters. The highest BCUT2D eigenvalue weighted by atomic mass is 19.1. The standard InChI is InChI=1S/C22H20F3N7/c1-30-8-10-31(11-9-30)22-27-19(16-7-4-14(24)12-17(16)25)18-20(26)32(29-21(18)28-22)15-5-2-13(23)3-6-15/h2-7,12H,8-11,26H2,1H3. The molecule has 1 aliphatic rings. The summed E-state index contributed by atoms with van der Waals surface area (Å²) >= 11 is 0. The van der Waals surface area contributed by atoms with Crippen molar-refractivity contribution >= 4 is 22.8 Å². The fourth-order valence-corrected chi connectivity index (χ4v) is 3.80. The third-order valence-electron chi connectivity index (χ3n) is 5.60. The first-order chi connectivity index (χ1) is 15.4. The number of benzene rings is 2. The molecular weight excluding hydrogens is 419 g/mol. The molecule has 2 aromatic carbocycles. The summed E-state index contributed by atoms with van der Waals surface area (Å²) in [4.78, 5) is 13.4. The number of aromatic nitrogens is 4. The summed E-state index contributed by atoms with van der Waals surface area (Å²) in [5.74, 6) is -1.27. The molecule has 0 saturated carbocycles. The molecule has 164 valence electrons. The van der Waals surface area contributed by atoms with Gasteiger partial charge < -0.3 is 15.5 Å². The third kappa shape index (κ3) is 3.52. The van der Waals surface area contributed by atoms with Crippen LogP contribution in [0.25, 0.3) is 28.0 Å². The Morgan fingerprint density at radius 1 is 0.875 bits per heavy atom. The maximum absolute atomic E-state index is 14.8. The largest absolute Gasteiger partial charge is 0.383 e. The smallest absolute Gasteiger partial charge is 0.228 e. The fraction of sp³-hybridized carbons (Fsp3) is 0.227. The van der Waals surface area contributed by atoms with Gasteiger partial charge in [0.2, 0.25) is 5.95 Å². The first kappa shape index (κ1) is 20.3. The lowest BCUT2D eigenvalue weighted by Gasteiger charge is -2.32. The molecule has 32 heavy (non-hydrogen) atoms. The number of hydrogen-bond donors (Lipinski definition) is 1. The summed E-state index contributed by atoms with van der Waals surface area (Å²) in [7, 11) is 2.03. The van der Waals surface area contributed by atoms with Gasteiger partial charge in [0.15, 0.2) is 5.65 Å². The summed E-state index contributed by atoms with van der Waals surface area (Å²) in [6.45, 7) is 3.05. The van der Waals surface area contributed by atoms with E-state index in [1.54, 1.807) is 0 Å². The molecule has 0 unspecified atom stereocenters. The molecule has 2 N–H and O–H groups in total. The number of anilines is 2. The van der Waals surface area contributed by atoms with Gasteiger partial charge in [-0.2, -0.15) is 4.98 Å². The lowest BCUT2D eigenvalue weighted by molar-refractivity contribution is 0.311. The first-order valence-electron chi connectivity index (χ1n) is 10.1. The van der Waals surface area contributed by atoms with Gasteiger partial charge in [0.05, 0.1) is 16.8 Å². The lowest BCUT2D eigenvalue weighted by Crippen LogP contribution is -2.45. The Kier molecular flexibility index (Phi) is 4.93. The average molecular weight is 439 g/mol. The van der Waals surface area contributed by atoms with E-state index in [1.807, 2.05) is 11.9 Å². The van der Waals surface area contributed by atoms with Crippen LogP contribution in [-0.2, 0) is 0 Å². The van der Waals surface area contributed by atoms with Crippen molar-refractivity contribution in [1.29, 1.82) is 0 Å². The van der Waals surface area contributed by atoms with Crippen molar-refractivity contribution < 1.29 is 13.2 Å². The topological polar surface area (TPSA) is 76.1 Å². The normalized spacial score (nSPS) is 14.9. The minimum atomic E-state index is -0.761. The van der Waals surface area contributed by atoms with Gasteiger partial charge in [0.1, 0.15) is 23.3 Å². The van der Waals surface area contributed by atoms with Gasteiger partial charge in [-0.25, -0.2) is 22.8 Å². The molecule has 0 bridgehead atoms. The number of likely N-dealkylation sites (N-methyl/N-ethyl adjacent to an activating group) is 1. The highest BCUT2D eigenvalue weighted by molar-refractivity contribution is 5.99. The number of hydrogen-bond acceptors (Lipinski definition) is 6. The highest BCUT2D eigenvalue weighted by Gasteiger charge is 2.24. The zero-order valence-corrected chi connectivity index (χ0v) is 17.3. The number of fused-ring (bicyclic) bond motifs is 1. The van der Waals surface area contributed by atoms with Crippen LogP contribution in [0.2, 0.25) is 0 Å². The second-order valence-corrected chi connectivity index (χ2v) is 7.76. The molecule has 3 heterocycles. The van der Waals surface area contributed by atoms with E-state index in [4.69, 9.17) is 5.73 Å². The Balaban J connectivity index is 1.73. The molecule has 0 spiro atoms. The van der Waals surface area contributed by atoms with Crippen LogP contribution in [0, 0.1) is 17.5 Å². The number of nitrogens with zero attached hydrogens (tertiary/aromatic N) is 6. The van der Waals surface area contributed by atoms with E-state index < -0.39 is 17.5 Å². The molecule has 4 aromatic rings. The van der Waals surface area contributed by atoms with E-state index in [2.05, 4.69) is 20.0 Å². The molecule has 1 fully saturated rings. The Labute approximate surface area is 181 Å². The van der Waals surface area contributed by atoms with Crippen molar-refractivity contribution in [3.05, 3.63) is 59.9 Å². The molecule has 0 radical (unpaired) electrons. The van der Waals surface area contributed by atoms with Crippen LogP contribution in [0.1, 0.15) is 0 Å². The van der Waals surface area contributed by atoms with E-state index in [1.165, 1.54) is 41.1 Å². The number of nitrogen functional groups attached to an aromatic ring is 1. The lowest BCUT2D eigenvalue weighted by atomic mass is 10.1. The predicted molar refractivity (Wildman–Crippen MR) is 116 cm³/mol. The van der Waals surface area contributed by atoms with E-state index in [0.717, 1.165) is 19.2 Å². The quantitative estimate of drug-likeness (QED) is 0.528. The van der Waals surface area contributed by atoms with Gasteiger partial charge in [-0.15, -0.1) is 5.10 Å². The molecular formula is C22H20F3N7. The Morgan fingerprint density at radius 2 is 1.56 bits per heavy atom. The van der Waals surface area contributed by atoms with Gasteiger partial charge in [-0.05, 0) is 43.4 Å². The zero-order chi connectivity index (χ0) is 22.4. The summed E-state index contributed by atoms with van der Waals surface area (Å²) in [5.41, 5.74) is 7.50. The molecule has 10 heteroatoms. The molecule has 0 amide bonds. The van der Waals surface area contributed by atoms with Crippen LogP contribution < -0.4 is 10.6 Å². The zero-order valence-electron chi connectivity index (χ0n) is 17.3. The number of rotatable bonds is 3. The molecule has 2 aromatic heterocycles. The Hall–Kier alpha value is -3.66. The maximum atomic E-state index is 14.8. The van der Waals surface area contributed by atoms with Crippen LogP contribution in [0.5, 0.6) is 0 Å². The van der Waals surface area contributed by atoms with Crippen molar-refractivity contribution in [2.24, 2.45) is 0 Å². The van der Waals surface area contributed by atoms with Crippen molar-refractivity contribution in [3.63, 3.8) is 0 Å². The van der Waals surface area contributed by atoms with Gasteiger partial charge in [-0.1, -0.05) is 0 Å². The summed E-state index contributed by atoms with van der Waals surface area (Å²) in [5, 5.41) is 4.85. The van der Waals surface area contributed by atoms with Crippen LogP contribution in [-0.4, -0.2) is 57.9 Å². The van der Waals surface area contributed by atoms with Crippen molar-refractivity contribution in [2.45, 2.75) is 0 Å². The van der Waals surface area contributed by atoms with Gasteiger partial charge in [0, 0.05) is 37.8 Å². The van der Waals surface area contributed by atoms with Crippen LogP contribution in [0.4, 0.5) is 24.9 Å². The fourth-order valence-electron chi connectivity index (χ4n) is 3.80. The second kappa shape index (κ2) is 7.79. The second-order valence-electron chi connectivity index (χ2n) is 7.76. The Bertz CT molecular complexity index is 1300. The van der Waals surface area contributed by atoms with E-state index in [-0.39, 0.29) is 22.7 Å². The summed E-state index contributed by atoms with van der Waals surface area (Å²) < 4.78 is 43.1. The predicted octanol–water partition coefficient (Wildman–Crippen LogP) is 3.23. The monoisotopic (exact) mass is 439 g/mol. The molecule has 0 aliphatic carbocycles. The van der Waals surface area contributed by atoms with Gasteiger partial charge >= 0.3 is 0 Å². The average Bonchev–Trinajstić information content (AvgIpc) is 3.11. The number of halogens is 3. The number of piperazine rings is 1. The maximum Gasteiger partial charge on any atom is 0.228 e. The van der Waals surface area contributed by atoms with Gasteiger partial charge in [0.25, 0.3) is 0 Å². The van der Waals surface area contributed by atoms with E-state index in [0.29, 0.717) is 30.1 Å².